The van der Waals surface area contributed by atoms with E-state index in [1.54, 1.807) is 0 Å². The minimum atomic E-state index is 0.749. The number of pyridine rings is 2. The van der Waals surface area contributed by atoms with Gasteiger partial charge in [-0.25, -0.2) is 4.52 Å². The minimum Gasteiger partial charge on any atom is -0.381 e. The van der Waals surface area contributed by atoms with Gasteiger partial charge in [-0.05, 0) is 36.4 Å². The number of benzene rings is 1. The standard InChI is InChI=1S/C17H14N4/c1-2-9-21-17(5-1)14(12-20-21)11-19-15-6-7-16-13(10-15)4-3-8-18-16/h1-10,12,19H,11H2. The van der Waals surface area contributed by atoms with Gasteiger partial charge in [0.25, 0.3) is 0 Å². The second-order valence-corrected chi connectivity index (χ2v) is 4.96. The zero-order chi connectivity index (χ0) is 14.1. The Kier molecular flexibility index (Phi) is 2.78. The van der Waals surface area contributed by atoms with Crippen LogP contribution in [0, 0.1) is 0 Å². The van der Waals surface area contributed by atoms with Gasteiger partial charge >= 0.3 is 0 Å². The third-order valence-electron chi connectivity index (χ3n) is 3.59. The average molecular weight is 274 g/mol. The number of nitrogens with one attached hydrogen (secondary N) is 1. The molecule has 3 heterocycles. The van der Waals surface area contributed by atoms with Crippen LogP contribution in [-0.2, 0) is 6.54 Å². The lowest BCUT2D eigenvalue weighted by atomic mass is 10.2. The molecule has 1 N–H and O–H groups in total. The van der Waals surface area contributed by atoms with Crippen LogP contribution in [0.15, 0.2) is 67.1 Å². The first-order valence-electron chi connectivity index (χ1n) is 6.90. The highest BCUT2D eigenvalue weighted by Gasteiger charge is 2.03. The Morgan fingerprint density at radius 2 is 2.05 bits per heavy atom. The van der Waals surface area contributed by atoms with Gasteiger partial charge in [-0.15, -0.1) is 0 Å². The summed E-state index contributed by atoms with van der Waals surface area (Å²) in [6.07, 6.45) is 5.68. The van der Waals surface area contributed by atoms with Crippen molar-refractivity contribution in [2.75, 3.05) is 5.32 Å². The third kappa shape index (κ3) is 2.21. The molecule has 0 amide bonds. The summed E-state index contributed by atoms with van der Waals surface area (Å²) in [5, 5.41) is 8.94. The number of nitrogens with zero attached hydrogens (tertiary/aromatic N) is 3. The van der Waals surface area contributed by atoms with Gasteiger partial charge < -0.3 is 5.32 Å². The molecule has 0 bridgehead atoms. The largest absolute Gasteiger partial charge is 0.381 e. The molecule has 102 valence electrons. The topological polar surface area (TPSA) is 42.2 Å². The highest BCUT2D eigenvalue weighted by Crippen LogP contribution is 2.18. The fourth-order valence-electron chi connectivity index (χ4n) is 2.51. The van der Waals surface area contributed by atoms with Crippen LogP contribution in [0.3, 0.4) is 0 Å². The quantitative estimate of drug-likeness (QED) is 0.622. The van der Waals surface area contributed by atoms with E-state index in [1.807, 2.05) is 47.4 Å². The first-order chi connectivity index (χ1) is 10.4. The van der Waals surface area contributed by atoms with Gasteiger partial charge in [-0.1, -0.05) is 12.1 Å². The minimum absolute atomic E-state index is 0.749. The zero-order valence-electron chi connectivity index (χ0n) is 11.4. The van der Waals surface area contributed by atoms with Gasteiger partial charge in [-0.2, -0.15) is 5.10 Å². The second kappa shape index (κ2) is 4.90. The van der Waals surface area contributed by atoms with Gasteiger partial charge in [0.05, 0.1) is 17.2 Å². The summed E-state index contributed by atoms with van der Waals surface area (Å²) in [7, 11) is 0. The average Bonchev–Trinajstić information content (AvgIpc) is 2.96. The maximum absolute atomic E-state index is 4.35. The van der Waals surface area contributed by atoms with E-state index in [-0.39, 0.29) is 0 Å². The van der Waals surface area contributed by atoms with Crippen LogP contribution in [-0.4, -0.2) is 14.6 Å². The molecule has 0 aliphatic heterocycles. The summed E-state index contributed by atoms with van der Waals surface area (Å²) in [5.41, 5.74) is 4.42. The van der Waals surface area contributed by atoms with Gasteiger partial charge in [0.15, 0.2) is 0 Å². The lowest BCUT2D eigenvalue weighted by Crippen LogP contribution is -1.99. The summed E-state index contributed by atoms with van der Waals surface area (Å²) in [6.45, 7) is 0.749. The van der Waals surface area contributed by atoms with E-state index >= 15 is 0 Å². The predicted molar refractivity (Wildman–Crippen MR) is 84.3 cm³/mol. The Bertz CT molecular complexity index is 911. The van der Waals surface area contributed by atoms with Gasteiger partial charge in [0, 0.05) is 35.6 Å². The van der Waals surface area contributed by atoms with E-state index in [0.29, 0.717) is 0 Å². The molecule has 4 heteroatoms. The third-order valence-corrected chi connectivity index (χ3v) is 3.59. The van der Waals surface area contributed by atoms with Crippen molar-refractivity contribution in [3.8, 4) is 0 Å². The highest BCUT2D eigenvalue weighted by molar-refractivity contribution is 5.82. The fraction of sp³-hybridized carbons (Fsp3) is 0.0588. The Balaban J connectivity index is 1.60. The van der Waals surface area contributed by atoms with Crippen LogP contribution >= 0.6 is 0 Å². The number of aromatic nitrogens is 3. The summed E-state index contributed by atoms with van der Waals surface area (Å²) < 4.78 is 1.89. The Morgan fingerprint density at radius 1 is 1.05 bits per heavy atom. The van der Waals surface area contributed by atoms with E-state index in [9.17, 15) is 0 Å². The second-order valence-electron chi connectivity index (χ2n) is 4.96. The van der Waals surface area contributed by atoms with Gasteiger partial charge in [-0.3, -0.25) is 4.98 Å². The molecule has 0 unspecified atom stereocenters. The van der Waals surface area contributed by atoms with Crippen molar-refractivity contribution in [2.45, 2.75) is 6.54 Å². The van der Waals surface area contributed by atoms with Crippen LogP contribution in [0.4, 0.5) is 5.69 Å². The summed E-state index contributed by atoms with van der Waals surface area (Å²) in [5.74, 6) is 0. The molecular weight excluding hydrogens is 260 g/mol. The van der Waals surface area contributed by atoms with E-state index in [0.717, 1.165) is 28.7 Å². The van der Waals surface area contributed by atoms with Crippen molar-refractivity contribution in [1.82, 2.24) is 14.6 Å². The van der Waals surface area contributed by atoms with E-state index in [2.05, 4.69) is 39.7 Å². The van der Waals surface area contributed by atoms with Crippen LogP contribution < -0.4 is 5.32 Å². The molecule has 4 nitrogen and oxygen atoms in total. The number of hydrogen-bond acceptors (Lipinski definition) is 3. The van der Waals surface area contributed by atoms with Crippen molar-refractivity contribution in [1.29, 1.82) is 0 Å². The van der Waals surface area contributed by atoms with E-state index in [1.165, 1.54) is 5.56 Å². The summed E-state index contributed by atoms with van der Waals surface area (Å²) in [6, 6.07) is 16.3. The molecule has 0 radical (unpaired) electrons. The zero-order valence-corrected chi connectivity index (χ0v) is 11.4. The molecule has 0 aliphatic carbocycles. The summed E-state index contributed by atoms with van der Waals surface area (Å²) >= 11 is 0. The first kappa shape index (κ1) is 11.9. The Labute approximate surface area is 122 Å². The highest BCUT2D eigenvalue weighted by atomic mass is 15.2. The molecule has 0 aliphatic rings. The molecule has 0 saturated heterocycles. The number of hydrogen-bond donors (Lipinski definition) is 1. The Morgan fingerprint density at radius 3 is 3.05 bits per heavy atom. The molecule has 21 heavy (non-hydrogen) atoms. The molecule has 0 saturated carbocycles. The maximum Gasteiger partial charge on any atom is 0.0711 e. The monoisotopic (exact) mass is 274 g/mol. The maximum atomic E-state index is 4.35. The molecule has 0 fully saturated rings. The van der Waals surface area contributed by atoms with Gasteiger partial charge in [0.1, 0.15) is 0 Å². The SMILES string of the molecule is c1cnc2ccc(NCc3cnn4ccccc34)cc2c1. The van der Waals surface area contributed by atoms with Crippen molar-refractivity contribution in [2.24, 2.45) is 0 Å². The van der Waals surface area contributed by atoms with Crippen molar-refractivity contribution < 1.29 is 0 Å². The Hall–Kier alpha value is -2.88. The predicted octanol–water partition coefficient (Wildman–Crippen LogP) is 3.49. The van der Waals surface area contributed by atoms with Crippen LogP contribution in [0.25, 0.3) is 16.4 Å². The van der Waals surface area contributed by atoms with Crippen molar-refractivity contribution in [3.63, 3.8) is 0 Å². The van der Waals surface area contributed by atoms with Crippen LogP contribution in [0.2, 0.25) is 0 Å². The molecule has 3 aromatic heterocycles. The van der Waals surface area contributed by atoms with Crippen molar-refractivity contribution >= 4 is 22.1 Å². The van der Waals surface area contributed by atoms with Crippen molar-refractivity contribution in [3.05, 3.63) is 72.7 Å². The first-order valence-corrected chi connectivity index (χ1v) is 6.90. The summed E-state index contributed by atoms with van der Waals surface area (Å²) in [4.78, 5) is 4.33. The lowest BCUT2D eigenvalue weighted by Gasteiger charge is -2.06. The van der Waals surface area contributed by atoms with Crippen LogP contribution in [0.1, 0.15) is 5.56 Å². The van der Waals surface area contributed by atoms with Gasteiger partial charge in [0.2, 0.25) is 0 Å². The molecule has 4 rings (SSSR count). The number of anilines is 1. The van der Waals surface area contributed by atoms with E-state index < -0.39 is 0 Å². The smallest absolute Gasteiger partial charge is 0.0711 e. The fourth-order valence-corrected chi connectivity index (χ4v) is 2.51. The molecule has 0 spiro atoms. The number of rotatable bonds is 3. The molecule has 1 aromatic carbocycles. The van der Waals surface area contributed by atoms with Crippen LogP contribution in [0.5, 0.6) is 0 Å². The number of fused-ring (bicyclic) bond motifs is 2. The molecule has 4 aromatic rings. The lowest BCUT2D eigenvalue weighted by molar-refractivity contribution is 0.961. The molecular formula is C17H14N4. The normalized spacial score (nSPS) is 11.0. The van der Waals surface area contributed by atoms with E-state index in [4.69, 9.17) is 0 Å². The molecule has 0 atom stereocenters.